The lowest BCUT2D eigenvalue weighted by Gasteiger charge is -2.08. The van der Waals surface area contributed by atoms with Gasteiger partial charge >= 0.3 is 5.97 Å². The molecular weight excluding hydrogens is 264 g/mol. The maximum atomic E-state index is 10.9. The highest BCUT2D eigenvalue weighted by molar-refractivity contribution is 5.80. The van der Waals surface area contributed by atoms with E-state index in [-0.39, 0.29) is 12.5 Å². The Morgan fingerprint density at radius 1 is 1.48 bits per heavy atom. The van der Waals surface area contributed by atoms with E-state index in [4.69, 9.17) is 10.8 Å². The Morgan fingerprint density at radius 3 is 3.05 bits per heavy atom. The molecule has 1 aliphatic heterocycles. The average Bonchev–Trinajstić information content (AvgIpc) is 2.63. The maximum absolute atomic E-state index is 10.9. The average molecular weight is 286 g/mol. The third kappa shape index (κ3) is 4.45. The van der Waals surface area contributed by atoms with E-state index in [2.05, 4.69) is 11.1 Å². The minimum atomic E-state index is -0.805. The van der Waals surface area contributed by atoms with Crippen LogP contribution in [0.5, 0.6) is 0 Å². The molecule has 0 aliphatic carbocycles. The highest BCUT2D eigenvalue weighted by Gasteiger charge is 2.10. The number of nitrogens with two attached hydrogens (primary N) is 1. The Hall–Kier alpha value is -2.10. The first-order valence-corrected chi connectivity index (χ1v) is 7.37. The SMILES string of the molecule is Cc1c(/C=C/C2CCCCC(N)=N2)cccc1CC(=O)O. The van der Waals surface area contributed by atoms with Gasteiger partial charge in [0.05, 0.1) is 18.3 Å². The van der Waals surface area contributed by atoms with Gasteiger partial charge in [-0.3, -0.25) is 9.79 Å². The number of aliphatic imine (C=N–C) groups is 1. The standard InChI is InChI=1S/C17H22N2O2/c1-12-13(5-4-6-14(12)11-17(20)21)9-10-15-7-2-3-8-16(18)19-15/h4-6,9-10,15H,2-3,7-8,11H2,1H3,(H2,18,19)(H,20,21)/b10-9+. The quantitative estimate of drug-likeness (QED) is 0.893. The van der Waals surface area contributed by atoms with Gasteiger partial charge in [0.15, 0.2) is 0 Å². The minimum absolute atomic E-state index is 0.0576. The second kappa shape index (κ2) is 7.07. The van der Waals surface area contributed by atoms with Gasteiger partial charge in [0.25, 0.3) is 0 Å². The van der Waals surface area contributed by atoms with Gasteiger partial charge < -0.3 is 10.8 Å². The lowest BCUT2D eigenvalue weighted by atomic mass is 9.99. The van der Waals surface area contributed by atoms with Gasteiger partial charge in [0.1, 0.15) is 0 Å². The number of nitrogens with zero attached hydrogens (tertiary/aromatic N) is 1. The monoisotopic (exact) mass is 286 g/mol. The summed E-state index contributed by atoms with van der Waals surface area (Å²) in [7, 11) is 0. The van der Waals surface area contributed by atoms with E-state index in [9.17, 15) is 4.79 Å². The molecule has 1 heterocycles. The summed E-state index contributed by atoms with van der Waals surface area (Å²) in [5.74, 6) is -0.0705. The first kappa shape index (κ1) is 15.3. The molecule has 0 radical (unpaired) electrons. The van der Waals surface area contributed by atoms with Crippen LogP contribution in [0.2, 0.25) is 0 Å². The van der Waals surface area contributed by atoms with Crippen molar-refractivity contribution in [3.8, 4) is 0 Å². The molecule has 0 amide bonds. The number of aliphatic carboxylic acids is 1. The van der Waals surface area contributed by atoms with Crippen LogP contribution in [-0.4, -0.2) is 23.0 Å². The van der Waals surface area contributed by atoms with Gasteiger partial charge in [-0.15, -0.1) is 0 Å². The van der Waals surface area contributed by atoms with E-state index in [1.165, 1.54) is 0 Å². The molecule has 3 N–H and O–H groups in total. The summed E-state index contributed by atoms with van der Waals surface area (Å²) in [5, 5.41) is 8.93. The fraction of sp³-hybridized carbons (Fsp3) is 0.412. The van der Waals surface area contributed by atoms with Crippen molar-refractivity contribution >= 4 is 17.9 Å². The number of hydrogen-bond donors (Lipinski definition) is 2. The summed E-state index contributed by atoms with van der Waals surface area (Å²) in [4.78, 5) is 15.4. The number of carboxylic acids is 1. The van der Waals surface area contributed by atoms with Gasteiger partial charge in [-0.1, -0.05) is 36.8 Å². The summed E-state index contributed by atoms with van der Waals surface area (Å²) >= 11 is 0. The lowest BCUT2D eigenvalue weighted by Crippen LogP contribution is -2.12. The molecule has 4 nitrogen and oxygen atoms in total. The van der Waals surface area contributed by atoms with E-state index in [0.717, 1.165) is 48.2 Å². The van der Waals surface area contributed by atoms with Crippen LogP contribution in [0, 0.1) is 6.92 Å². The molecule has 112 valence electrons. The van der Waals surface area contributed by atoms with Crippen LogP contribution >= 0.6 is 0 Å². The van der Waals surface area contributed by atoms with Gasteiger partial charge in [0.2, 0.25) is 0 Å². The normalized spacial score (nSPS) is 19.3. The molecule has 0 fully saturated rings. The third-order valence-electron chi connectivity index (χ3n) is 3.84. The van der Waals surface area contributed by atoms with Gasteiger partial charge in [0, 0.05) is 6.42 Å². The van der Waals surface area contributed by atoms with Crippen molar-refractivity contribution in [2.45, 2.75) is 45.1 Å². The second-order valence-electron chi connectivity index (χ2n) is 5.49. The van der Waals surface area contributed by atoms with E-state index in [0.29, 0.717) is 0 Å². The number of rotatable bonds is 4. The first-order chi connectivity index (χ1) is 10.1. The fourth-order valence-corrected chi connectivity index (χ4v) is 2.59. The summed E-state index contributed by atoms with van der Waals surface area (Å²) in [6.07, 6.45) is 8.31. The first-order valence-electron chi connectivity index (χ1n) is 7.37. The number of hydrogen-bond acceptors (Lipinski definition) is 3. The van der Waals surface area contributed by atoms with Crippen LogP contribution in [-0.2, 0) is 11.2 Å². The third-order valence-corrected chi connectivity index (χ3v) is 3.84. The van der Waals surface area contributed by atoms with Gasteiger partial charge in [-0.05, 0) is 36.5 Å². The number of amidine groups is 1. The topological polar surface area (TPSA) is 75.7 Å². The van der Waals surface area contributed by atoms with Crippen LogP contribution < -0.4 is 5.73 Å². The smallest absolute Gasteiger partial charge is 0.307 e. The number of carboxylic acid groups (broad SMARTS) is 1. The molecule has 4 heteroatoms. The Kier molecular flexibility index (Phi) is 5.14. The molecule has 2 rings (SSSR count). The Labute approximate surface area is 125 Å². The molecule has 0 saturated carbocycles. The second-order valence-corrected chi connectivity index (χ2v) is 5.49. The van der Waals surface area contributed by atoms with Crippen molar-refractivity contribution in [1.29, 1.82) is 0 Å². The van der Waals surface area contributed by atoms with Crippen molar-refractivity contribution in [3.63, 3.8) is 0 Å². The van der Waals surface area contributed by atoms with E-state index >= 15 is 0 Å². The van der Waals surface area contributed by atoms with Crippen LogP contribution in [0.3, 0.4) is 0 Å². The van der Waals surface area contributed by atoms with Crippen LogP contribution in [0.25, 0.3) is 6.08 Å². The molecular formula is C17H22N2O2. The molecule has 1 aromatic carbocycles. The largest absolute Gasteiger partial charge is 0.481 e. The molecule has 0 saturated heterocycles. The van der Waals surface area contributed by atoms with Crippen molar-refractivity contribution in [2.24, 2.45) is 10.7 Å². The van der Waals surface area contributed by atoms with Crippen molar-refractivity contribution in [2.75, 3.05) is 0 Å². The molecule has 1 unspecified atom stereocenters. The van der Waals surface area contributed by atoms with Crippen LogP contribution in [0.15, 0.2) is 29.3 Å². The van der Waals surface area contributed by atoms with Crippen molar-refractivity contribution in [1.82, 2.24) is 0 Å². The van der Waals surface area contributed by atoms with Crippen LogP contribution in [0.1, 0.15) is 42.4 Å². The predicted molar refractivity (Wildman–Crippen MR) is 85.4 cm³/mol. The molecule has 1 atom stereocenters. The molecule has 0 spiro atoms. The van der Waals surface area contributed by atoms with Crippen molar-refractivity contribution in [3.05, 3.63) is 41.0 Å². The Balaban J connectivity index is 2.17. The summed E-state index contributed by atoms with van der Waals surface area (Å²) in [5.41, 5.74) is 8.77. The number of benzene rings is 1. The minimum Gasteiger partial charge on any atom is -0.481 e. The highest BCUT2D eigenvalue weighted by Crippen LogP contribution is 2.19. The summed E-state index contributed by atoms with van der Waals surface area (Å²) in [6, 6.07) is 5.90. The molecule has 1 aliphatic rings. The van der Waals surface area contributed by atoms with Crippen LogP contribution in [0.4, 0.5) is 0 Å². The van der Waals surface area contributed by atoms with E-state index in [1.54, 1.807) is 0 Å². The lowest BCUT2D eigenvalue weighted by molar-refractivity contribution is -0.136. The molecule has 21 heavy (non-hydrogen) atoms. The highest BCUT2D eigenvalue weighted by atomic mass is 16.4. The number of carbonyl (C=O) groups is 1. The zero-order valence-electron chi connectivity index (χ0n) is 12.4. The van der Waals surface area contributed by atoms with E-state index < -0.39 is 5.97 Å². The zero-order chi connectivity index (χ0) is 15.2. The van der Waals surface area contributed by atoms with Gasteiger partial charge in [-0.2, -0.15) is 0 Å². The summed E-state index contributed by atoms with van der Waals surface area (Å²) < 4.78 is 0. The maximum Gasteiger partial charge on any atom is 0.307 e. The zero-order valence-corrected chi connectivity index (χ0v) is 12.4. The molecule has 1 aromatic rings. The van der Waals surface area contributed by atoms with E-state index in [1.807, 2.05) is 31.2 Å². The molecule has 0 bridgehead atoms. The van der Waals surface area contributed by atoms with Gasteiger partial charge in [-0.25, -0.2) is 0 Å². The Bertz CT molecular complexity index is 576. The van der Waals surface area contributed by atoms with Crippen molar-refractivity contribution < 1.29 is 9.90 Å². The predicted octanol–water partition coefficient (Wildman–Crippen LogP) is 2.94. The fourth-order valence-electron chi connectivity index (χ4n) is 2.59. The summed E-state index contributed by atoms with van der Waals surface area (Å²) in [6.45, 7) is 1.96. The Morgan fingerprint density at radius 2 is 2.29 bits per heavy atom. The molecule has 0 aromatic heterocycles.